The van der Waals surface area contributed by atoms with Crippen molar-refractivity contribution < 1.29 is 0 Å². The zero-order chi connectivity index (χ0) is 13.4. The molecule has 1 aromatic carbocycles. The number of amidine groups is 1. The lowest BCUT2D eigenvalue weighted by Gasteiger charge is -2.19. The monoisotopic (exact) mass is 283 g/mol. The third kappa shape index (κ3) is 2.12. The smallest absolute Gasteiger partial charge is 0.163 e. The van der Waals surface area contributed by atoms with Gasteiger partial charge in [-0.05, 0) is 17.7 Å². The summed E-state index contributed by atoms with van der Waals surface area (Å²) in [4.78, 5) is 14.3. The van der Waals surface area contributed by atoms with Gasteiger partial charge in [0, 0.05) is 30.3 Å². The maximum Gasteiger partial charge on any atom is 0.163 e. The number of aliphatic imine (C=N–C) groups is 1. The van der Waals surface area contributed by atoms with Gasteiger partial charge in [0.1, 0.15) is 10.9 Å². The van der Waals surface area contributed by atoms with Crippen molar-refractivity contribution in [2.45, 2.75) is 16.3 Å². The molecule has 0 unspecified atom stereocenters. The van der Waals surface area contributed by atoms with Gasteiger partial charge in [0.2, 0.25) is 0 Å². The first-order chi connectivity index (χ1) is 9.88. The number of hydrogen-bond donors (Lipinski definition) is 2. The van der Waals surface area contributed by atoms with E-state index in [0.29, 0.717) is 0 Å². The minimum Gasteiger partial charge on any atom is -0.372 e. The van der Waals surface area contributed by atoms with Crippen molar-refractivity contribution in [1.82, 2.24) is 15.3 Å². The molecule has 5 nitrogen and oxygen atoms in total. The average molecular weight is 283 g/mol. The molecule has 2 aromatic rings. The third-order valence-corrected chi connectivity index (χ3v) is 4.35. The van der Waals surface area contributed by atoms with Crippen LogP contribution in [0.1, 0.15) is 5.56 Å². The van der Waals surface area contributed by atoms with Crippen LogP contribution in [0.5, 0.6) is 0 Å². The van der Waals surface area contributed by atoms with E-state index in [1.165, 1.54) is 10.5 Å². The molecule has 2 N–H and O–H groups in total. The first-order valence-corrected chi connectivity index (χ1v) is 7.36. The van der Waals surface area contributed by atoms with Crippen molar-refractivity contribution >= 4 is 29.1 Å². The van der Waals surface area contributed by atoms with Crippen molar-refractivity contribution in [1.29, 1.82) is 0 Å². The van der Waals surface area contributed by atoms with Crippen LogP contribution in [-0.2, 0) is 6.42 Å². The Hall–Kier alpha value is -2.08. The number of rotatable bonds is 2. The Morgan fingerprint density at radius 3 is 3.05 bits per heavy atom. The van der Waals surface area contributed by atoms with Crippen LogP contribution in [0.25, 0.3) is 0 Å². The molecule has 0 saturated carbocycles. The molecule has 100 valence electrons. The van der Waals surface area contributed by atoms with Gasteiger partial charge in [-0.1, -0.05) is 17.8 Å². The van der Waals surface area contributed by atoms with Crippen molar-refractivity contribution in [2.75, 3.05) is 18.4 Å². The topological polar surface area (TPSA) is 62.2 Å². The second-order valence-electron chi connectivity index (χ2n) is 4.70. The number of nitrogens with one attached hydrogen (secondary N) is 2. The minimum atomic E-state index is 0.832. The Kier molecular flexibility index (Phi) is 2.81. The Morgan fingerprint density at radius 2 is 2.15 bits per heavy atom. The van der Waals surface area contributed by atoms with Crippen LogP contribution in [0.3, 0.4) is 0 Å². The molecular formula is C14H13N5S. The minimum absolute atomic E-state index is 0.832. The van der Waals surface area contributed by atoms with E-state index in [1.54, 1.807) is 24.2 Å². The fraction of sp³-hybridized carbons (Fsp3) is 0.214. The molecule has 0 atom stereocenters. The summed E-state index contributed by atoms with van der Waals surface area (Å²) in [7, 11) is 0. The predicted octanol–water partition coefficient (Wildman–Crippen LogP) is 2.23. The first kappa shape index (κ1) is 11.7. The second kappa shape index (κ2) is 4.79. The highest BCUT2D eigenvalue weighted by molar-refractivity contribution is 7.99. The summed E-state index contributed by atoms with van der Waals surface area (Å²) >= 11 is 1.65. The number of nitrogens with zero attached hydrogens (tertiary/aromatic N) is 3. The molecule has 0 spiro atoms. The maximum absolute atomic E-state index is 4.44. The molecule has 2 aliphatic heterocycles. The Labute approximate surface area is 120 Å². The number of benzene rings is 1. The molecule has 1 aromatic heterocycles. The predicted molar refractivity (Wildman–Crippen MR) is 79.9 cm³/mol. The van der Waals surface area contributed by atoms with Crippen LogP contribution in [-0.4, -0.2) is 28.9 Å². The molecule has 3 heterocycles. The van der Waals surface area contributed by atoms with Crippen molar-refractivity contribution in [3.8, 4) is 0 Å². The Balaban J connectivity index is 1.62. The highest BCUT2D eigenvalue weighted by Gasteiger charge is 2.18. The van der Waals surface area contributed by atoms with Gasteiger partial charge in [-0.3, -0.25) is 4.99 Å². The van der Waals surface area contributed by atoms with Gasteiger partial charge in [0.05, 0.1) is 12.2 Å². The number of hydrogen-bond acceptors (Lipinski definition) is 6. The molecule has 20 heavy (non-hydrogen) atoms. The summed E-state index contributed by atoms with van der Waals surface area (Å²) in [6.07, 6.45) is 4.28. The lowest BCUT2D eigenvalue weighted by molar-refractivity contribution is 0.953. The molecule has 4 rings (SSSR count). The molecule has 6 heteroatoms. The molecular weight excluding hydrogens is 270 g/mol. The first-order valence-electron chi connectivity index (χ1n) is 6.54. The Morgan fingerprint density at radius 1 is 1.20 bits per heavy atom. The van der Waals surface area contributed by atoms with E-state index in [4.69, 9.17) is 0 Å². The molecule has 0 fully saturated rings. The zero-order valence-corrected chi connectivity index (χ0v) is 11.6. The van der Waals surface area contributed by atoms with E-state index < -0.39 is 0 Å². The zero-order valence-electron chi connectivity index (χ0n) is 10.8. The molecule has 0 aliphatic carbocycles. The summed E-state index contributed by atoms with van der Waals surface area (Å²) < 4.78 is 0. The van der Waals surface area contributed by atoms with E-state index >= 15 is 0 Å². The van der Waals surface area contributed by atoms with Gasteiger partial charge in [-0.2, -0.15) is 0 Å². The summed E-state index contributed by atoms with van der Waals surface area (Å²) in [6, 6.07) is 6.45. The Bertz CT molecular complexity index is 698. The molecule has 0 radical (unpaired) electrons. The highest BCUT2D eigenvalue weighted by atomic mass is 32.2. The van der Waals surface area contributed by atoms with Crippen LogP contribution in [0, 0.1) is 0 Å². The average Bonchev–Trinajstić information content (AvgIpc) is 2.98. The summed E-state index contributed by atoms with van der Waals surface area (Å²) in [5.41, 5.74) is 2.34. The van der Waals surface area contributed by atoms with E-state index in [0.717, 1.165) is 41.9 Å². The standard InChI is InChI=1S/C14H13N5S/c1-2-11-10(7-9(1)8-12-15-3-4-16-12)19-13-14(20-11)18-6-5-17-13/h1-2,5-7H,3-4,8H2,(H,15,16)(H,17,19). The van der Waals surface area contributed by atoms with Gasteiger partial charge in [0.25, 0.3) is 0 Å². The van der Waals surface area contributed by atoms with Gasteiger partial charge in [-0.25, -0.2) is 9.97 Å². The van der Waals surface area contributed by atoms with Gasteiger partial charge in [0.15, 0.2) is 5.82 Å². The lowest BCUT2D eigenvalue weighted by Crippen LogP contribution is -2.20. The fourth-order valence-electron chi connectivity index (χ4n) is 2.35. The normalized spacial score (nSPS) is 15.7. The number of aromatic nitrogens is 2. The van der Waals surface area contributed by atoms with Crippen LogP contribution < -0.4 is 10.6 Å². The lowest BCUT2D eigenvalue weighted by atomic mass is 10.1. The van der Waals surface area contributed by atoms with Crippen LogP contribution in [0.15, 0.2) is 45.5 Å². The number of anilines is 2. The molecule has 0 amide bonds. The number of fused-ring (bicyclic) bond motifs is 2. The van der Waals surface area contributed by atoms with Gasteiger partial charge < -0.3 is 10.6 Å². The van der Waals surface area contributed by atoms with Crippen LogP contribution in [0.2, 0.25) is 0 Å². The maximum atomic E-state index is 4.44. The van der Waals surface area contributed by atoms with Crippen molar-refractivity contribution in [3.05, 3.63) is 36.2 Å². The van der Waals surface area contributed by atoms with Gasteiger partial charge >= 0.3 is 0 Å². The summed E-state index contributed by atoms with van der Waals surface area (Å²) in [6.45, 7) is 1.84. The van der Waals surface area contributed by atoms with Crippen LogP contribution in [0.4, 0.5) is 11.5 Å². The summed E-state index contributed by atoms with van der Waals surface area (Å²) in [5, 5.41) is 7.58. The highest BCUT2D eigenvalue weighted by Crippen LogP contribution is 2.41. The van der Waals surface area contributed by atoms with E-state index in [1.807, 2.05) is 0 Å². The SMILES string of the molecule is c1cnc2c(n1)Nc1cc(CC3=NCCN3)ccc1S2. The fourth-order valence-corrected chi connectivity index (χ4v) is 3.23. The second-order valence-corrected chi connectivity index (χ2v) is 5.73. The van der Waals surface area contributed by atoms with Crippen LogP contribution >= 0.6 is 11.8 Å². The quantitative estimate of drug-likeness (QED) is 0.755. The van der Waals surface area contributed by atoms with E-state index in [-0.39, 0.29) is 0 Å². The van der Waals surface area contributed by atoms with E-state index in [9.17, 15) is 0 Å². The largest absolute Gasteiger partial charge is 0.372 e. The molecule has 0 bridgehead atoms. The van der Waals surface area contributed by atoms with Gasteiger partial charge in [-0.15, -0.1) is 0 Å². The molecule has 0 saturated heterocycles. The van der Waals surface area contributed by atoms with E-state index in [2.05, 4.69) is 43.8 Å². The van der Waals surface area contributed by atoms with Crippen molar-refractivity contribution in [3.63, 3.8) is 0 Å². The van der Waals surface area contributed by atoms with Crippen molar-refractivity contribution in [2.24, 2.45) is 4.99 Å². The summed E-state index contributed by atoms with van der Waals surface area (Å²) in [5.74, 6) is 1.91. The third-order valence-electron chi connectivity index (χ3n) is 3.28. The molecule has 2 aliphatic rings.